The van der Waals surface area contributed by atoms with E-state index in [0.717, 1.165) is 0 Å². The normalized spacial score (nSPS) is 13.7. The van der Waals surface area contributed by atoms with E-state index in [9.17, 15) is 14.4 Å². The fraction of sp³-hybridized carbons (Fsp3) is 0.250. The Hall–Kier alpha value is -2.21. The van der Waals surface area contributed by atoms with E-state index in [1.54, 1.807) is 24.3 Å². The summed E-state index contributed by atoms with van der Waals surface area (Å²) in [5.41, 5.74) is 0.630. The predicted molar refractivity (Wildman–Crippen MR) is 61.6 cm³/mol. The lowest BCUT2D eigenvalue weighted by Crippen LogP contribution is -2.31. The minimum atomic E-state index is -0.501. The minimum Gasteiger partial charge on any atom is -0.463 e. The molecule has 18 heavy (non-hydrogen) atoms. The van der Waals surface area contributed by atoms with Gasteiger partial charge in [-0.2, -0.15) is 0 Å². The van der Waals surface area contributed by atoms with E-state index >= 15 is 0 Å². The number of carbonyl (C=O) groups excluding carboxylic acids is 3. The average Bonchev–Trinajstić information content (AvgIpc) is 2.59. The summed E-state index contributed by atoms with van der Waals surface area (Å²) in [6, 6.07) is 6.47. The summed E-state index contributed by atoms with van der Waals surface area (Å²) < 4.78 is 4.64. The summed E-state index contributed by atoms with van der Waals surface area (Å²) in [4.78, 5) is 39.2. The molecule has 2 rings (SSSR count). The third kappa shape index (κ3) is 2.23. The molecule has 0 N–H and O–H groups in total. The average molecular weight is 251 g/mol. The number of hydrogen-bond donors (Lipinski definition) is 0. The lowest BCUT2D eigenvalue weighted by molar-refractivity contribution is -0.147. The van der Waals surface area contributed by atoms with Gasteiger partial charge in [0.1, 0.15) is 13.2 Å². The Kier molecular flexibility index (Phi) is 3.38. The van der Waals surface area contributed by atoms with Crippen molar-refractivity contribution in [1.82, 2.24) is 5.06 Å². The number of ether oxygens (including phenoxy) is 1. The second-order valence-electron chi connectivity index (χ2n) is 3.62. The number of benzene rings is 1. The van der Waals surface area contributed by atoms with Gasteiger partial charge in [-0.3, -0.25) is 19.2 Å². The third-order valence-corrected chi connectivity index (χ3v) is 2.37. The fourth-order valence-electron chi connectivity index (χ4n) is 1.60. The molecule has 6 nitrogen and oxygen atoms in total. The van der Waals surface area contributed by atoms with E-state index in [2.05, 4.69) is 4.74 Å². The van der Waals surface area contributed by atoms with Gasteiger partial charge in [0.05, 0.1) is 11.1 Å². The van der Waals surface area contributed by atoms with Crippen LogP contribution in [0.15, 0.2) is 24.3 Å². The van der Waals surface area contributed by atoms with Gasteiger partial charge in [0.25, 0.3) is 11.8 Å². The molecule has 1 aromatic carbocycles. The van der Waals surface area contributed by atoms with Crippen molar-refractivity contribution in [2.45, 2.75) is 6.92 Å². The molecule has 1 aliphatic heterocycles. The van der Waals surface area contributed by atoms with Crippen molar-refractivity contribution in [2.24, 2.45) is 0 Å². The number of rotatable bonds is 4. The van der Waals surface area contributed by atoms with Crippen LogP contribution in [0.1, 0.15) is 29.1 Å². The maximum atomic E-state index is 11.8. The standard InChI is InChI=1S/C12H11NO5.H2/c1-8(14)17-6-7-18-13-11(15)9-4-2-3-5-10(9)12(13)16;/h2-5H,6-7H2,1H3;1H. The summed E-state index contributed by atoms with van der Waals surface area (Å²) >= 11 is 0. The second-order valence-corrected chi connectivity index (χ2v) is 3.62. The van der Waals surface area contributed by atoms with Gasteiger partial charge >= 0.3 is 5.97 Å². The topological polar surface area (TPSA) is 72.9 Å². The van der Waals surface area contributed by atoms with Gasteiger partial charge in [0, 0.05) is 8.35 Å². The first-order chi connectivity index (χ1) is 8.61. The summed E-state index contributed by atoms with van der Waals surface area (Å²) in [5.74, 6) is -1.45. The van der Waals surface area contributed by atoms with Gasteiger partial charge in [0.2, 0.25) is 0 Å². The zero-order valence-corrected chi connectivity index (χ0v) is 9.71. The highest BCUT2D eigenvalue weighted by Crippen LogP contribution is 2.22. The molecule has 6 heteroatoms. The van der Waals surface area contributed by atoms with E-state index in [4.69, 9.17) is 4.84 Å². The SMILES string of the molecule is CC(=O)OCCON1C(=O)c2ccccc2C1=O.[HH]. The molecule has 0 aliphatic carbocycles. The molecule has 2 amide bonds. The smallest absolute Gasteiger partial charge is 0.302 e. The van der Waals surface area contributed by atoms with Gasteiger partial charge in [-0.05, 0) is 12.1 Å². The summed E-state index contributed by atoms with van der Waals surface area (Å²) in [6.07, 6.45) is 0. The van der Waals surface area contributed by atoms with Crippen LogP contribution in [-0.4, -0.2) is 36.1 Å². The van der Waals surface area contributed by atoms with Crippen LogP contribution in [0.3, 0.4) is 0 Å². The van der Waals surface area contributed by atoms with Crippen LogP contribution < -0.4 is 0 Å². The second kappa shape index (κ2) is 4.97. The highest BCUT2D eigenvalue weighted by Gasteiger charge is 2.36. The lowest BCUT2D eigenvalue weighted by atomic mass is 10.1. The quantitative estimate of drug-likeness (QED) is 0.454. The van der Waals surface area contributed by atoms with Crippen LogP contribution in [0.4, 0.5) is 0 Å². The molecule has 0 atom stereocenters. The number of carbonyl (C=O) groups is 3. The molecular weight excluding hydrogens is 238 g/mol. The van der Waals surface area contributed by atoms with Crippen LogP contribution in [0.2, 0.25) is 0 Å². The first kappa shape index (κ1) is 12.3. The monoisotopic (exact) mass is 251 g/mol. The van der Waals surface area contributed by atoms with Crippen molar-refractivity contribution in [1.29, 1.82) is 0 Å². The highest BCUT2D eigenvalue weighted by molar-refractivity contribution is 6.20. The van der Waals surface area contributed by atoms with Crippen molar-refractivity contribution in [2.75, 3.05) is 13.2 Å². The molecule has 0 spiro atoms. The predicted octanol–water partition coefficient (Wildman–Crippen LogP) is 1.02. The van der Waals surface area contributed by atoms with E-state index in [0.29, 0.717) is 16.2 Å². The zero-order chi connectivity index (χ0) is 13.1. The van der Waals surface area contributed by atoms with Crippen LogP contribution >= 0.6 is 0 Å². The molecule has 0 unspecified atom stereocenters. The van der Waals surface area contributed by atoms with Crippen LogP contribution in [-0.2, 0) is 14.4 Å². The Labute approximate surface area is 105 Å². The molecule has 0 saturated carbocycles. The maximum absolute atomic E-state index is 11.8. The van der Waals surface area contributed by atoms with Crippen LogP contribution in [0.5, 0.6) is 0 Å². The minimum absolute atomic E-state index is 0. The third-order valence-electron chi connectivity index (χ3n) is 2.37. The van der Waals surface area contributed by atoms with Crippen LogP contribution in [0, 0.1) is 0 Å². The number of esters is 1. The first-order valence-corrected chi connectivity index (χ1v) is 5.35. The Morgan fingerprint density at radius 2 is 1.72 bits per heavy atom. The molecule has 0 bridgehead atoms. The molecule has 1 aromatic rings. The number of nitrogens with zero attached hydrogens (tertiary/aromatic N) is 1. The van der Waals surface area contributed by atoms with E-state index in [1.165, 1.54) is 6.92 Å². The first-order valence-electron chi connectivity index (χ1n) is 5.35. The van der Waals surface area contributed by atoms with Crippen molar-refractivity contribution in [3.05, 3.63) is 35.4 Å². The van der Waals surface area contributed by atoms with E-state index < -0.39 is 17.8 Å². The maximum Gasteiger partial charge on any atom is 0.302 e. The number of fused-ring (bicyclic) bond motifs is 1. The van der Waals surface area contributed by atoms with Gasteiger partial charge in [-0.25, -0.2) is 0 Å². The van der Waals surface area contributed by atoms with Crippen molar-refractivity contribution in [3.63, 3.8) is 0 Å². The zero-order valence-electron chi connectivity index (χ0n) is 9.71. The number of hydroxylamine groups is 2. The van der Waals surface area contributed by atoms with Crippen LogP contribution in [0.25, 0.3) is 0 Å². The summed E-state index contributed by atoms with van der Waals surface area (Å²) in [7, 11) is 0. The summed E-state index contributed by atoms with van der Waals surface area (Å²) in [6.45, 7) is 1.20. The van der Waals surface area contributed by atoms with E-state index in [1.807, 2.05) is 0 Å². The molecule has 0 radical (unpaired) electrons. The van der Waals surface area contributed by atoms with Gasteiger partial charge in [-0.15, -0.1) is 5.06 Å². The molecule has 0 fully saturated rings. The van der Waals surface area contributed by atoms with E-state index in [-0.39, 0.29) is 14.6 Å². The molecule has 1 heterocycles. The molecule has 96 valence electrons. The lowest BCUT2D eigenvalue weighted by Gasteiger charge is -2.12. The van der Waals surface area contributed by atoms with Crippen molar-refractivity contribution >= 4 is 17.8 Å². The van der Waals surface area contributed by atoms with Crippen molar-refractivity contribution in [3.8, 4) is 0 Å². The molecule has 0 saturated heterocycles. The van der Waals surface area contributed by atoms with Crippen molar-refractivity contribution < 1.29 is 25.4 Å². The molecule has 1 aliphatic rings. The Morgan fingerprint density at radius 3 is 2.22 bits per heavy atom. The number of hydrogen-bond acceptors (Lipinski definition) is 5. The Balaban J connectivity index is 0.00000180. The van der Waals surface area contributed by atoms with Gasteiger partial charge in [0.15, 0.2) is 0 Å². The largest absolute Gasteiger partial charge is 0.463 e. The number of imide groups is 1. The molecular formula is C12H13NO5. The Bertz CT molecular complexity index is 482. The van der Waals surface area contributed by atoms with Gasteiger partial charge in [-0.1, -0.05) is 12.1 Å². The number of amides is 2. The fourth-order valence-corrected chi connectivity index (χ4v) is 1.60. The molecule has 0 aromatic heterocycles. The summed E-state index contributed by atoms with van der Waals surface area (Å²) in [5, 5.41) is 0.689. The highest BCUT2D eigenvalue weighted by atomic mass is 16.7. The Morgan fingerprint density at radius 1 is 1.17 bits per heavy atom. The van der Waals surface area contributed by atoms with Gasteiger partial charge < -0.3 is 4.74 Å².